The molecule has 1 amide bonds. The van der Waals surface area contributed by atoms with E-state index >= 15 is 0 Å². The number of amides is 1. The molecule has 110 valence electrons. The predicted octanol–water partition coefficient (Wildman–Crippen LogP) is -0.122. The molecule has 0 saturated carbocycles. The Morgan fingerprint density at radius 2 is 2.00 bits per heavy atom. The lowest BCUT2D eigenvalue weighted by molar-refractivity contribution is 0.100. The third-order valence-electron chi connectivity index (χ3n) is 3.50. The van der Waals surface area contributed by atoms with Crippen LogP contribution in [-0.4, -0.2) is 76.0 Å². The second-order valence-corrected chi connectivity index (χ2v) is 6.83. The number of cyclic esters (lactones) is 1. The van der Waals surface area contributed by atoms with Crippen LogP contribution in [0.1, 0.15) is 12.8 Å². The lowest BCUT2D eigenvalue weighted by Crippen LogP contribution is -2.44. The fourth-order valence-corrected chi connectivity index (χ4v) is 2.83. The van der Waals surface area contributed by atoms with Crippen molar-refractivity contribution in [3.63, 3.8) is 0 Å². The number of piperidine rings is 1. The summed E-state index contributed by atoms with van der Waals surface area (Å²) < 4.78 is 31.6. The summed E-state index contributed by atoms with van der Waals surface area (Å²) in [5, 5.41) is 0. The normalized spacial score (nSPS) is 26.7. The van der Waals surface area contributed by atoms with Crippen LogP contribution < -0.4 is 0 Å². The van der Waals surface area contributed by atoms with E-state index in [0.29, 0.717) is 6.54 Å². The summed E-state index contributed by atoms with van der Waals surface area (Å²) in [5.74, 6) is 0. The second-order valence-electron chi connectivity index (χ2n) is 5.18. The van der Waals surface area contributed by atoms with E-state index in [1.807, 2.05) is 0 Å². The molecule has 2 saturated heterocycles. The fourth-order valence-electron chi connectivity index (χ4n) is 2.43. The monoisotopic (exact) mass is 292 g/mol. The van der Waals surface area contributed by atoms with E-state index in [9.17, 15) is 13.2 Å². The van der Waals surface area contributed by atoms with Gasteiger partial charge in [-0.2, -0.15) is 8.42 Å². The third kappa shape index (κ3) is 4.05. The number of nitrogens with zero attached hydrogens (tertiary/aromatic N) is 2. The molecule has 0 radical (unpaired) electrons. The lowest BCUT2D eigenvalue weighted by atomic mass is 10.0. The first kappa shape index (κ1) is 14.5. The van der Waals surface area contributed by atoms with Gasteiger partial charge in [-0.15, -0.1) is 0 Å². The Morgan fingerprint density at radius 1 is 1.37 bits per heavy atom. The van der Waals surface area contributed by atoms with Crippen LogP contribution in [0.2, 0.25) is 0 Å². The molecule has 8 heteroatoms. The summed E-state index contributed by atoms with van der Waals surface area (Å²) in [5.41, 5.74) is 0. The highest BCUT2D eigenvalue weighted by Crippen LogP contribution is 2.22. The Kier molecular flexibility index (Phi) is 4.32. The smallest absolute Gasteiger partial charge is 0.410 e. The molecular formula is C11H20N2O5S. The Hall–Kier alpha value is -0.860. The highest BCUT2D eigenvalue weighted by atomic mass is 32.2. The molecule has 0 bridgehead atoms. The molecule has 0 aromatic heterocycles. The first-order valence-corrected chi connectivity index (χ1v) is 8.17. The van der Waals surface area contributed by atoms with E-state index in [-0.39, 0.29) is 18.7 Å². The number of likely N-dealkylation sites (tertiary alicyclic amines) is 1. The number of ether oxygens (including phenoxy) is 1. The maximum Gasteiger partial charge on any atom is 0.410 e. The highest BCUT2D eigenvalue weighted by Gasteiger charge is 2.37. The van der Waals surface area contributed by atoms with Crippen molar-refractivity contribution in [2.24, 2.45) is 0 Å². The topological polar surface area (TPSA) is 76.2 Å². The highest BCUT2D eigenvalue weighted by molar-refractivity contribution is 7.85. The molecule has 2 rings (SSSR count). The lowest BCUT2D eigenvalue weighted by Gasteiger charge is -2.33. The zero-order valence-electron chi connectivity index (χ0n) is 11.2. The summed E-state index contributed by atoms with van der Waals surface area (Å²) in [7, 11) is -1.44. The molecular weight excluding hydrogens is 272 g/mol. The minimum absolute atomic E-state index is 0.103. The molecule has 2 heterocycles. The van der Waals surface area contributed by atoms with E-state index < -0.39 is 16.2 Å². The van der Waals surface area contributed by atoms with E-state index in [1.54, 1.807) is 4.90 Å². The van der Waals surface area contributed by atoms with E-state index in [2.05, 4.69) is 16.1 Å². The van der Waals surface area contributed by atoms with Gasteiger partial charge in [-0.3, -0.25) is 4.18 Å². The molecule has 1 atom stereocenters. The zero-order valence-corrected chi connectivity index (χ0v) is 12.1. The molecule has 0 aliphatic carbocycles. The number of carbonyl (C=O) groups excluding carboxylic acids is 1. The van der Waals surface area contributed by atoms with Crippen LogP contribution >= 0.6 is 0 Å². The van der Waals surface area contributed by atoms with Crippen molar-refractivity contribution in [2.75, 3.05) is 39.5 Å². The van der Waals surface area contributed by atoms with Crippen LogP contribution in [0.15, 0.2) is 0 Å². The van der Waals surface area contributed by atoms with E-state index in [4.69, 9.17) is 4.74 Å². The summed E-state index contributed by atoms with van der Waals surface area (Å²) in [6, 6.07) is 0.187. The fraction of sp³-hybridized carbons (Fsp3) is 0.909. The van der Waals surface area contributed by atoms with Gasteiger partial charge in [0.25, 0.3) is 10.1 Å². The molecule has 2 aliphatic heterocycles. The van der Waals surface area contributed by atoms with Gasteiger partial charge in [0.2, 0.25) is 0 Å². The van der Waals surface area contributed by atoms with Crippen LogP contribution in [0.4, 0.5) is 4.79 Å². The molecule has 7 nitrogen and oxygen atoms in total. The molecule has 2 fully saturated rings. The average molecular weight is 292 g/mol. The van der Waals surface area contributed by atoms with Gasteiger partial charge in [0, 0.05) is 6.04 Å². The largest absolute Gasteiger partial charge is 0.442 e. The van der Waals surface area contributed by atoms with Crippen LogP contribution in [0.3, 0.4) is 0 Å². The minimum Gasteiger partial charge on any atom is -0.442 e. The van der Waals surface area contributed by atoms with Gasteiger partial charge >= 0.3 is 6.09 Å². The quantitative estimate of drug-likeness (QED) is 0.672. The maximum absolute atomic E-state index is 11.8. The first-order valence-electron chi connectivity index (χ1n) is 6.35. The first-order chi connectivity index (χ1) is 8.85. The third-order valence-corrected chi connectivity index (χ3v) is 4.06. The molecule has 0 N–H and O–H groups in total. The standard InChI is InChI=1S/C11H20N2O5S/c1-12-5-3-9(4-6-12)13-7-10(18-11(13)14)8-17-19(2,15)16/h9-10H,3-8H2,1-2H3. The van der Waals surface area contributed by atoms with Gasteiger partial charge in [-0.05, 0) is 33.0 Å². The number of hydrogen-bond donors (Lipinski definition) is 0. The van der Waals surface area contributed by atoms with Crippen molar-refractivity contribution in [3.8, 4) is 0 Å². The van der Waals surface area contributed by atoms with Crippen molar-refractivity contribution in [1.82, 2.24) is 9.80 Å². The van der Waals surface area contributed by atoms with E-state index in [1.165, 1.54) is 0 Å². The molecule has 1 unspecified atom stereocenters. The van der Waals surface area contributed by atoms with Crippen molar-refractivity contribution < 1.29 is 22.1 Å². The van der Waals surface area contributed by atoms with Gasteiger partial charge in [0.1, 0.15) is 12.7 Å². The van der Waals surface area contributed by atoms with Gasteiger partial charge in [-0.25, -0.2) is 4.79 Å². The van der Waals surface area contributed by atoms with E-state index in [0.717, 1.165) is 32.2 Å². The van der Waals surface area contributed by atoms with Crippen LogP contribution in [-0.2, 0) is 19.0 Å². The van der Waals surface area contributed by atoms with Gasteiger partial charge in [0.05, 0.1) is 12.8 Å². The van der Waals surface area contributed by atoms with Gasteiger partial charge < -0.3 is 14.5 Å². The molecule has 19 heavy (non-hydrogen) atoms. The number of hydrogen-bond acceptors (Lipinski definition) is 6. The SMILES string of the molecule is CN1CCC(N2CC(COS(C)(=O)=O)OC2=O)CC1. The Labute approximate surface area is 113 Å². The minimum atomic E-state index is -3.50. The Balaban J connectivity index is 1.85. The molecule has 0 aromatic carbocycles. The predicted molar refractivity (Wildman–Crippen MR) is 68.3 cm³/mol. The summed E-state index contributed by atoms with van der Waals surface area (Å²) in [4.78, 5) is 15.7. The average Bonchev–Trinajstić information content (AvgIpc) is 2.68. The summed E-state index contributed by atoms with van der Waals surface area (Å²) in [6.45, 7) is 2.22. The van der Waals surface area contributed by atoms with Crippen molar-refractivity contribution in [2.45, 2.75) is 25.0 Å². The van der Waals surface area contributed by atoms with Crippen LogP contribution in [0, 0.1) is 0 Å². The van der Waals surface area contributed by atoms with Gasteiger partial charge in [-0.1, -0.05) is 0 Å². The van der Waals surface area contributed by atoms with Crippen molar-refractivity contribution >= 4 is 16.2 Å². The molecule has 0 aromatic rings. The molecule has 0 spiro atoms. The Bertz CT molecular complexity index is 430. The maximum atomic E-state index is 11.8. The van der Waals surface area contributed by atoms with Crippen molar-refractivity contribution in [1.29, 1.82) is 0 Å². The summed E-state index contributed by atoms with van der Waals surface area (Å²) in [6.07, 6.45) is 1.97. The molecule has 2 aliphatic rings. The number of carbonyl (C=O) groups is 1. The second kappa shape index (κ2) is 5.64. The van der Waals surface area contributed by atoms with Crippen molar-refractivity contribution in [3.05, 3.63) is 0 Å². The zero-order chi connectivity index (χ0) is 14.0. The summed E-state index contributed by atoms with van der Waals surface area (Å²) >= 11 is 0. The van der Waals surface area contributed by atoms with Crippen LogP contribution in [0.25, 0.3) is 0 Å². The Morgan fingerprint density at radius 3 is 2.58 bits per heavy atom. The van der Waals surface area contributed by atoms with Crippen LogP contribution in [0.5, 0.6) is 0 Å². The number of rotatable bonds is 4. The van der Waals surface area contributed by atoms with Gasteiger partial charge in [0.15, 0.2) is 0 Å².